The number of benzene rings is 1. The Kier molecular flexibility index (Phi) is 5.23. The quantitative estimate of drug-likeness (QED) is 0.878. The van der Waals surface area contributed by atoms with Gasteiger partial charge in [-0.3, -0.25) is 10.1 Å². The summed E-state index contributed by atoms with van der Waals surface area (Å²) in [5, 5.41) is 16.3. The molecule has 0 saturated carbocycles. The van der Waals surface area contributed by atoms with Crippen molar-refractivity contribution in [3.8, 4) is 5.69 Å². The highest BCUT2D eigenvalue weighted by Crippen LogP contribution is 2.20. The molecule has 23 heavy (non-hydrogen) atoms. The van der Waals surface area contributed by atoms with Gasteiger partial charge in [-0.15, -0.1) is 5.10 Å². The first-order valence-corrected chi connectivity index (χ1v) is 7.31. The molecular weight excluding hydrogens is 320 g/mol. The Balaban J connectivity index is 2.03. The maximum Gasteiger partial charge on any atom is 0.322 e. The van der Waals surface area contributed by atoms with Crippen molar-refractivity contribution in [2.24, 2.45) is 5.92 Å². The molecule has 0 aliphatic rings. The summed E-state index contributed by atoms with van der Waals surface area (Å²) < 4.78 is 1.55. The van der Waals surface area contributed by atoms with Gasteiger partial charge in [-0.1, -0.05) is 30.7 Å². The molecule has 0 aliphatic heterocycles. The zero-order valence-corrected chi connectivity index (χ0v) is 13.5. The minimum Gasteiger partial charge on any atom is -0.481 e. The first-order valence-electron chi connectivity index (χ1n) is 6.94. The van der Waals surface area contributed by atoms with Gasteiger partial charge in [-0.25, -0.2) is 9.48 Å². The molecule has 1 atom stereocenters. The van der Waals surface area contributed by atoms with E-state index in [4.69, 9.17) is 16.7 Å². The highest BCUT2D eigenvalue weighted by atomic mass is 35.5. The molecular formula is C15H17ClN4O3. The van der Waals surface area contributed by atoms with Gasteiger partial charge < -0.3 is 10.0 Å². The van der Waals surface area contributed by atoms with Gasteiger partial charge in [0.15, 0.2) is 5.82 Å². The van der Waals surface area contributed by atoms with Crippen LogP contribution in [0.25, 0.3) is 5.69 Å². The molecule has 8 heteroatoms. The fraction of sp³-hybridized carbons (Fsp3) is 0.267. The highest BCUT2D eigenvalue weighted by molar-refractivity contribution is 6.32. The number of aromatic nitrogens is 2. The summed E-state index contributed by atoms with van der Waals surface area (Å²) in [6.45, 7) is 1.64. The third-order valence-electron chi connectivity index (χ3n) is 3.24. The van der Waals surface area contributed by atoms with Crippen molar-refractivity contribution < 1.29 is 14.7 Å². The smallest absolute Gasteiger partial charge is 0.322 e. The third kappa shape index (κ3) is 4.23. The second kappa shape index (κ2) is 7.15. The van der Waals surface area contributed by atoms with Crippen molar-refractivity contribution in [3.63, 3.8) is 0 Å². The Hall–Kier alpha value is -2.54. The normalized spacial score (nSPS) is 11.8. The Labute approximate surface area is 138 Å². The van der Waals surface area contributed by atoms with Crippen LogP contribution in [0.15, 0.2) is 36.5 Å². The number of aliphatic carboxylic acids is 1. The summed E-state index contributed by atoms with van der Waals surface area (Å²) in [4.78, 5) is 24.1. The number of para-hydroxylation sites is 1. The molecule has 122 valence electrons. The van der Waals surface area contributed by atoms with Crippen LogP contribution in [-0.2, 0) is 4.79 Å². The molecule has 2 aromatic rings. The summed E-state index contributed by atoms with van der Waals surface area (Å²) in [7, 11) is 1.53. The Morgan fingerprint density at radius 3 is 2.74 bits per heavy atom. The molecule has 1 aromatic heterocycles. The standard InChI is InChI=1S/C15H17ClN4O3/c1-10(14(21)22)9-19(2)15(23)17-13-7-8-20(18-13)12-6-4-3-5-11(12)16/h3-8,10H,9H2,1-2H3,(H,21,22)(H,17,18,23). The number of carboxylic acids is 1. The Bertz CT molecular complexity index is 716. The molecule has 0 bridgehead atoms. The van der Waals surface area contributed by atoms with E-state index >= 15 is 0 Å². The fourth-order valence-corrected chi connectivity index (χ4v) is 2.16. The van der Waals surface area contributed by atoms with Gasteiger partial charge in [0.05, 0.1) is 16.6 Å². The average Bonchev–Trinajstić information content (AvgIpc) is 2.95. The molecule has 2 rings (SSSR count). The number of anilines is 1. The van der Waals surface area contributed by atoms with E-state index in [1.54, 1.807) is 23.0 Å². The summed E-state index contributed by atoms with van der Waals surface area (Å²) in [5.41, 5.74) is 0.697. The number of amides is 2. The van der Waals surface area contributed by atoms with E-state index in [0.717, 1.165) is 0 Å². The number of nitrogens with zero attached hydrogens (tertiary/aromatic N) is 3. The number of hydrogen-bond acceptors (Lipinski definition) is 3. The molecule has 1 heterocycles. The molecule has 1 unspecified atom stereocenters. The van der Waals surface area contributed by atoms with Crippen molar-refractivity contribution in [1.82, 2.24) is 14.7 Å². The van der Waals surface area contributed by atoms with Crippen molar-refractivity contribution >= 4 is 29.4 Å². The van der Waals surface area contributed by atoms with Crippen LogP contribution in [0.2, 0.25) is 5.02 Å². The SMILES string of the molecule is CC(CN(C)C(=O)Nc1ccn(-c2ccccc2Cl)n1)C(=O)O. The van der Waals surface area contributed by atoms with E-state index in [2.05, 4.69) is 10.4 Å². The second-order valence-corrected chi connectivity index (χ2v) is 5.55. The third-order valence-corrected chi connectivity index (χ3v) is 3.56. The van der Waals surface area contributed by atoms with Crippen LogP contribution in [0.5, 0.6) is 0 Å². The van der Waals surface area contributed by atoms with E-state index in [9.17, 15) is 9.59 Å². The van der Waals surface area contributed by atoms with E-state index in [0.29, 0.717) is 16.5 Å². The van der Waals surface area contributed by atoms with E-state index in [-0.39, 0.29) is 6.54 Å². The van der Waals surface area contributed by atoms with Crippen LogP contribution in [0, 0.1) is 5.92 Å². The van der Waals surface area contributed by atoms with Gasteiger partial charge in [0.25, 0.3) is 0 Å². The van der Waals surface area contributed by atoms with Gasteiger partial charge in [0.2, 0.25) is 0 Å². The van der Waals surface area contributed by atoms with E-state index in [1.165, 1.54) is 18.9 Å². The molecule has 0 fully saturated rings. The van der Waals surface area contributed by atoms with Gasteiger partial charge in [-0.05, 0) is 12.1 Å². The second-order valence-electron chi connectivity index (χ2n) is 5.15. The zero-order valence-electron chi connectivity index (χ0n) is 12.7. The minimum atomic E-state index is -0.951. The van der Waals surface area contributed by atoms with Crippen LogP contribution in [-0.4, -0.2) is 45.4 Å². The number of carboxylic acid groups (broad SMARTS) is 1. The summed E-state index contributed by atoms with van der Waals surface area (Å²) in [5.74, 6) is -1.25. The molecule has 0 saturated heterocycles. The first kappa shape index (κ1) is 16.8. The average molecular weight is 337 g/mol. The van der Waals surface area contributed by atoms with Crippen LogP contribution in [0.1, 0.15) is 6.92 Å². The molecule has 2 N–H and O–H groups in total. The number of carbonyl (C=O) groups excluding carboxylic acids is 1. The molecule has 0 radical (unpaired) electrons. The van der Waals surface area contributed by atoms with E-state index in [1.807, 2.05) is 18.2 Å². The molecule has 7 nitrogen and oxygen atoms in total. The van der Waals surface area contributed by atoms with Gasteiger partial charge in [-0.2, -0.15) is 0 Å². The fourth-order valence-electron chi connectivity index (χ4n) is 1.94. The largest absolute Gasteiger partial charge is 0.481 e. The number of hydrogen-bond donors (Lipinski definition) is 2. The number of rotatable bonds is 5. The van der Waals surface area contributed by atoms with Crippen LogP contribution in [0.3, 0.4) is 0 Å². The van der Waals surface area contributed by atoms with Gasteiger partial charge >= 0.3 is 12.0 Å². The summed E-state index contributed by atoms with van der Waals surface area (Å²) >= 11 is 6.10. The topological polar surface area (TPSA) is 87.5 Å². The minimum absolute atomic E-state index is 0.104. The number of nitrogens with one attached hydrogen (secondary N) is 1. The molecule has 0 aliphatic carbocycles. The molecule has 2 amide bonds. The lowest BCUT2D eigenvalue weighted by molar-refractivity contribution is -0.141. The summed E-state index contributed by atoms with van der Waals surface area (Å²) in [6.07, 6.45) is 1.68. The lowest BCUT2D eigenvalue weighted by Crippen LogP contribution is -2.36. The molecule has 1 aromatic carbocycles. The van der Waals surface area contributed by atoms with Crippen LogP contribution in [0.4, 0.5) is 10.6 Å². The maximum absolute atomic E-state index is 12.0. The predicted octanol–water partition coefficient (Wildman–Crippen LogP) is 2.71. The van der Waals surface area contributed by atoms with Crippen LogP contribution < -0.4 is 5.32 Å². The van der Waals surface area contributed by atoms with E-state index < -0.39 is 17.9 Å². The first-order chi connectivity index (χ1) is 10.9. The van der Waals surface area contributed by atoms with Crippen molar-refractivity contribution in [1.29, 1.82) is 0 Å². The van der Waals surface area contributed by atoms with Crippen molar-refractivity contribution in [3.05, 3.63) is 41.6 Å². The van der Waals surface area contributed by atoms with Gasteiger partial charge in [0.1, 0.15) is 0 Å². The number of halogens is 1. The number of carbonyl (C=O) groups is 2. The van der Waals surface area contributed by atoms with Crippen molar-refractivity contribution in [2.75, 3.05) is 18.9 Å². The summed E-state index contributed by atoms with van der Waals surface area (Å²) in [6, 6.07) is 8.41. The lowest BCUT2D eigenvalue weighted by atomic mass is 10.2. The number of urea groups is 1. The zero-order chi connectivity index (χ0) is 17.0. The molecule has 0 spiro atoms. The predicted molar refractivity (Wildman–Crippen MR) is 87.0 cm³/mol. The van der Waals surface area contributed by atoms with Gasteiger partial charge in [0, 0.05) is 25.9 Å². The Morgan fingerprint density at radius 1 is 1.39 bits per heavy atom. The van der Waals surface area contributed by atoms with Crippen molar-refractivity contribution in [2.45, 2.75) is 6.92 Å². The monoisotopic (exact) mass is 336 g/mol. The van der Waals surface area contributed by atoms with Crippen LogP contribution >= 0.6 is 11.6 Å². The maximum atomic E-state index is 12.0. The Morgan fingerprint density at radius 2 is 2.09 bits per heavy atom. The highest BCUT2D eigenvalue weighted by Gasteiger charge is 2.18. The lowest BCUT2D eigenvalue weighted by Gasteiger charge is -2.19.